The van der Waals surface area contributed by atoms with E-state index in [1.165, 1.54) is 6.92 Å². The number of alkyl halides is 3. The smallest absolute Gasteiger partial charge is 0.369 e. The predicted molar refractivity (Wildman–Crippen MR) is 56.5 cm³/mol. The monoisotopic (exact) mass is 264 g/mol. The Morgan fingerprint density at radius 2 is 2.00 bits per heavy atom. The van der Waals surface area contributed by atoms with Crippen LogP contribution in [0, 0.1) is 5.82 Å². The Hall–Kier alpha value is -1.43. The minimum atomic E-state index is -4.73. The molecule has 1 aromatic rings. The summed E-state index contributed by atoms with van der Waals surface area (Å²) < 4.78 is 56.0. The summed E-state index contributed by atoms with van der Waals surface area (Å²) in [5.41, 5.74) is -1.55. The average Bonchev–Trinajstić information content (AvgIpc) is 2.30. The number of ketones is 1. The van der Waals surface area contributed by atoms with Crippen molar-refractivity contribution in [1.82, 2.24) is 0 Å². The number of carbonyl (C=O) groups excluding carboxylic acids is 1. The highest BCUT2D eigenvalue weighted by Gasteiger charge is 2.37. The van der Waals surface area contributed by atoms with E-state index in [0.717, 1.165) is 19.2 Å². The van der Waals surface area contributed by atoms with Gasteiger partial charge in [0.15, 0.2) is 5.78 Å². The van der Waals surface area contributed by atoms with Crippen molar-refractivity contribution in [3.8, 4) is 0 Å². The lowest BCUT2D eigenvalue weighted by Gasteiger charge is -2.19. The van der Waals surface area contributed by atoms with E-state index in [9.17, 15) is 22.4 Å². The van der Waals surface area contributed by atoms with E-state index >= 15 is 0 Å². The Kier molecular flexibility index (Phi) is 4.45. The molecule has 0 N–H and O–H groups in total. The van der Waals surface area contributed by atoms with Gasteiger partial charge < -0.3 is 4.74 Å². The maximum Gasteiger partial charge on any atom is 0.416 e. The molecule has 1 unspecified atom stereocenters. The number of rotatable bonds is 4. The summed E-state index contributed by atoms with van der Waals surface area (Å²) in [5.74, 6) is -1.50. The SMILES string of the molecule is CCC(=O)C(OC)c1ccc(F)cc1C(F)(F)F. The van der Waals surface area contributed by atoms with Crippen molar-refractivity contribution in [3.05, 3.63) is 35.1 Å². The van der Waals surface area contributed by atoms with Crippen LogP contribution in [0.1, 0.15) is 30.6 Å². The highest BCUT2D eigenvalue weighted by molar-refractivity contribution is 5.84. The van der Waals surface area contributed by atoms with Gasteiger partial charge in [-0.25, -0.2) is 4.39 Å². The highest BCUT2D eigenvalue weighted by Crippen LogP contribution is 2.36. The maximum atomic E-state index is 12.9. The first-order chi connectivity index (χ1) is 8.31. The lowest BCUT2D eigenvalue weighted by Crippen LogP contribution is -2.19. The predicted octanol–water partition coefficient (Wildman–Crippen LogP) is 3.51. The van der Waals surface area contributed by atoms with Crippen molar-refractivity contribution in [3.63, 3.8) is 0 Å². The zero-order valence-corrected chi connectivity index (χ0v) is 9.84. The minimum Gasteiger partial charge on any atom is -0.369 e. The molecule has 1 rings (SSSR count). The molecule has 0 aliphatic heterocycles. The second kappa shape index (κ2) is 5.48. The van der Waals surface area contributed by atoms with E-state index in [4.69, 9.17) is 4.74 Å². The minimum absolute atomic E-state index is 0.0349. The van der Waals surface area contributed by atoms with Crippen molar-refractivity contribution >= 4 is 5.78 Å². The fourth-order valence-corrected chi connectivity index (χ4v) is 1.62. The molecule has 0 heterocycles. The van der Waals surface area contributed by atoms with Gasteiger partial charge in [-0.05, 0) is 12.1 Å². The van der Waals surface area contributed by atoms with Crippen LogP contribution >= 0.6 is 0 Å². The number of hydrogen-bond donors (Lipinski definition) is 0. The summed E-state index contributed by atoms with van der Waals surface area (Å²) in [7, 11) is 1.14. The van der Waals surface area contributed by atoms with Gasteiger partial charge >= 0.3 is 6.18 Å². The molecule has 0 spiro atoms. The molecule has 0 amide bonds. The summed E-state index contributed by atoms with van der Waals surface area (Å²) >= 11 is 0. The van der Waals surface area contributed by atoms with E-state index in [0.29, 0.717) is 6.07 Å². The summed E-state index contributed by atoms with van der Waals surface area (Å²) in [5, 5.41) is 0. The number of carbonyl (C=O) groups is 1. The van der Waals surface area contributed by atoms with Gasteiger partial charge in [0.1, 0.15) is 11.9 Å². The van der Waals surface area contributed by atoms with Crippen molar-refractivity contribution < 1.29 is 27.1 Å². The van der Waals surface area contributed by atoms with Crippen LogP contribution in [0.15, 0.2) is 18.2 Å². The molecular formula is C12H12F4O2. The Balaban J connectivity index is 3.34. The lowest BCUT2D eigenvalue weighted by atomic mass is 9.97. The van der Waals surface area contributed by atoms with E-state index in [1.807, 2.05) is 0 Å². The molecule has 18 heavy (non-hydrogen) atoms. The van der Waals surface area contributed by atoms with E-state index < -0.39 is 29.4 Å². The lowest BCUT2D eigenvalue weighted by molar-refractivity contribution is -0.141. The third-order valence-electron chi connectivity index (χ3n) is 2.48. The van der Waals surface area contributed by atoms with Crippen molar-refractivity contribution in [2.24, 2.45) is 0 Å². The largest absolute Gasteiger partial charge is 0.416 e. The van der Waals surface area contributed by atoms with Crippen LogP contribution in [0.3, 0.4) is 0 Å². The van der Waals surface area contributed by atoms with Gasteiger partial charge in [-0.15, -0.1) is 0 Å². The zero-order chi connectivity index (χ0) is 13.9. The fourth-order valence-electron chi connectivity index (χ4n) is 1.62. The quantitative estimate of drug-likeness (QED) is 0.778. The summed E-state index contributed by atoms with van der Waals surface area (Å²) in [6.07, 6.45) is -6.03. The van der Waals surface area contributed by atoms with Gasteiger partial charge in [-0.1, -0.05) is 13.0 Å². The molecule has 0 saturated heterocycles. The molecule has 0 radical (unpaired) electrons. The number of ether oxygens (including phenoxy) is 1. The van der Waals surface area contributed by atoms with Crippen molar-refractivity contribution in [1.29, 1.82) is 0 Å². The number of hydrogen-bond acceptors (Lipinski definition) is 2. The van der Waals surface area contributed by atoms with Crippen LogP contribution < -0.4 is 0 Å². The molecule has 0 aliphatic carbocycles. The zero-order valence-electron chi connectivity index (χ0n) is 9.84. The normalized spacial score (nSPS) is 13.4. The molecule has 0 aliphatic rings. The van der Waals surface area contributed by atoms with Gasteiger partial charge in [0.25, 0.3) is 0 Å². The molecule has 6 heteroatoms. The Labute approximate surface area is 102 Å². The molecule has 1 aromatic carbocycles. The van der Waals surface area contributed by atoms with E-state index in [2.05, 4.69) is 0 Å². The summed E-state index contributed by atoms with van der Waals surface area (Å²) in [6.45, 7) is 1.52. The van der Waals surface area contributed by atoms with E-state index in [1.54, 1.807) is 0 Å². The van der Waals surface area contributed by atoms with Crippen LogP contribution in [-0.2, 0) is 15.7 Å². The topological polar surface area (TPSA) is 26.3 Å². The molecule has 0 aromatic heterocycles. The Morgan fingerprint density at radius 1 is 1.39 bits per heavy atom. The number of halogens is 4. The van der Waals surface area contributed by atoms with Gasteiger partial charge in [0.2, 0.25) is 0 Å². The maximum absolute atomic E-state index is 12.9. The second-order valence-corrected chi connectivity index (χ2v) is 3.66. The molecule has 100 valence electrons. The number of methoxy groups -OCH3 is 1. The Bertz CT molecular complexity index is 440. The van der Waals surface area contributed by atoms with Crippen molar-refractivity contribution in [2.45, 2.75) is 25.6 Å². The standard InChI is InChI=1S/C12H12F4O2/c1-3-10(17)11(18-2)8-5-4-7(13)6-9(8)12(14,15)16/h4-6,11H,3H2,1-2H3. The molecular weight excluding hydrogens is 252 g/mol. The fraction of sp³-hybridized carbons (Fsp3) is 0.417. The molecule has 0 saturated carbocycles. The molecule has 1 atom stereocenters. The summed E-state index contributed by atoms with van der Waals surface area (Å²) in [4.78, 5) is 11.5. The molecule has 0 bridgehead atoms. The first kappa shape index (κ1) is 14.6. The third kappa shape index (κ3) is 3.07. The third-order valence-corrected chi connectivity index (χ3v) is 2.48. The van der Waals surface area contributed by atoms with Gasteiger partial charge in [-0.2, -0.15) is 13.2 Å². The van der Waals surface area contributed by atoms with Gasteiger partial charge in [0.05, 0.1) is 5.56 Å². The highest BCUT2D eigenvalue weighted by atomic mass is 19.4. The van der Waals surface area contributed by atoms with Gasteiger partial charge in [-0.3, -0.25) is 4.79 Å². The van der Waals surface area contributed by atoms with Crippen LogP contribution in [0.4, 0.5) is 17.6 Å². The van der Waals surface area contributed by atoms with Crippen LogP contribution in [0.2, 0.25) is 0 Å². The first-order valence-corrected chi connectivity index (χ1v) is 5.23. The summed E-state index contributed by atoms with van der Waals surface area (Å²) in [6, 6.07) is 2.17. The van der Waals surface area contributed by atoms with Gasteiger partial charge in [0, 0.05) is 19.1 Å². The first-order valence-electron chi connectivity index (χ1n) is 5.23. The van der Waals surface area contributed by atoms with E-state index in [-0.39, 0.29) is 12.0 Å². The average molecular weight is 264 g/mol. The van der Waals surface area contributed by atoms with Crippen LogP contribution in [0.5, 0.6) is 0 Å². The van der Waals surface area contributed by atoms with Crippen LogP contribution in [0.25, 0.3) is 0 Å². The van der Waals surface area contributed by atoms with Crippen LogP contribution in [-0.4, -0.2) is 12.9 Å². The Morgan fingerprint density at radius 3 is 2.44 bits per heavy atom. The second-order valence-electron chi connectivity index (χ2n) is 3.66. The number of Topliss-reactive ketones (excluding diaryl/α,β-unsaturated/α-hetero) is 1. The number of benzene rings is 1. The van der Waals surface area contributed by atoms with Crippen molar-refractivity contribution in [2.75, 3.05) is 7.11 Å². The molecule has 0 fully saturated rings. The molecule has 2 nitrogen and oxygen atoms in total.